The van der Waals surface area contributed by atoms with Crippen molar-refractivity contribution in [1.29, 1.82) is 0 Å². The molecule has 16 heteroatoms. The van der Waals surface area contributed by atoms with Gasteiger partial charge in [0.2, 0.25) is 0 Å². The molecule has 4 aromatic carbocycles. The Labute approximate surface area is 450 Å². The van der Waals surface area contributed by atoms with Crippen molar-refractivity contribution in [2.24, 2.45) is 10.4 Å². The summed E-state index contributed by atoms with van der Waals surface area (Å²) in [6, 6.07) is 18.9. The molecular formula is C58H58Cl3F2N5O5S. The first-order valence-corrected chi connectivity index (χ1v) is 26.5. The van der Waals surface area contributed by atoms with E-state index in [4.69, 9.17) is 55.7 Å². The lowest BCUT2D eigenvalue weighted by molar-refractivity contribution is -0.121. The number of rotatable bonds is 19. The van der Waals surface area contributed by atoms with Crippen LogP contribution in [0.15, 0.2) is 83.9 Å². The van der Waals surface area contributed by atoms with Gasteiger partial charge in [0, 0.05) is 93.6 Å². The summed E-state index contributed by atoms with van der Waals surface area (Å²) in [6.45, 7) is 12.7. The van der Waals surface area contributed by atoms with Gasteiger partial charge in [-0.1, -0.05) is 104 Å². The van der Waals surface area contributed by atoms with E-state index < -0.39 is 41.1 Å². The number of aromatic nitrogens is 3. The van der Waals surface area contributed by atoms with Crippen LogP contribution in [-0.4, -0.2) is 70.2 Å². The number of terminal acetylenes is 1. The van der Waals surface area contributed by atoms with E-state index in [0.29, 0.717) is 60.2 Å². The lowest BCUT2D eigenvalue weighted by Crippen LogP contribution is -2.44. The molecule has 6 aromatic rings. The van der Waals surface area contributed by atoms with E-state index in [2.05, 4.69) is 35.3 Å². The quantitative estimate of drug-likeness (QED) is 0.0483. The third kappa shape index (κ3) is 11.2. The second kappa shape index (κ2) is 22.7. The summed E-state index contributed by atoms with van der Waals surface area (Å²) in [5, 5.41) is 14.0. The fourth-order valence-electron chi connectivity index (χ4n) is 10.4. The molecule has 1 N–H and O–H groups in total. The van der Waals surface area contributed by atoms with Gasteiger partial charge in [0.05, 0.1) is 29.3 Å². The van der Waals surface area contributed by atoms with Crippen LogP contribution in [0, 0.1) is 50.2 Å². The zero-order valence-electron chi connectivity index (χ0n) is 42.4. The number of carbonyl (C=O) groups excluding carboxylic acids is 3. The number of benzene rings is 4. The average molecular weight is 1080 g/mol. The smallest absolute Gasteiger partial charge is 0.163 e. The first kappa shape index (κ1) is 54.7. The van der Waals surface area contributed by atoms with Gasteiger partial charge in [-0.2, -0.15) is 0 Å². The van der Waals surface area contributed by atoms with Crippen LogP contribution in [0.2, 0.25) is 15.1 Å². The molecule has 1 saturated heterocycles. The minimum atomic E-state index is -1.55. The van der Waals surface area contributed by atoms with Crippen molar-refractivity contribution in [2.75, 3.05) is 20.3 Å². The molecule has 2 aliphatic heterocycles. The first-order chi connectivity index (χ1) is 35.3. The Bertz CT molecular complexity index is 3200. The Morgan fingerprint density at radius 2 is 1.64 bits per heavy atom. The van der Waals surface area contributed by atoms with Gasteiger partial charge in [0.25, 0.3) is 0 Å². The Kier molecular flexibility index (Phi) is 16.8. The predicted octanol–water partition coefficient (Wildman–Crippen LogP) is 13.1. The predicted molar refractivity (Wildman–Crippen MR) is 289 cm³/mol. The van der Waals surface area contributed by atoms with Crippen molar-refractivity contribution in [3.8, 4) is 23.1 Å². The van der Waals surface area contributed by atoms with Crippen LogP contribution in [0.1, 0.15) is 132 Å². The molecule has 2 aromatic heterocycles. The van der Waals surface area contributed by atoms with Crippen molar-refractivity contribution in [3.05, 3.63) is 161 Å². The topological polar surface area (TPSA) is 125 Å². The zero-order chi connectivity index (χ0) is 53.2. The maximum Gasteiger partial charge on any atom is 0.163 e. The number of hydrogen-bond donors (Lipinski definition) is 1. The van der Waals surface area contributed by atoms with E-state index in [-0.39, 0.29) is 69.6 Å². The molecular weight excluding hydrogens is 1020 g/mol. The maximum absolute atomic E-state index is 16.3. The summed E-state index contributed by atoms with van der Waals surface area (Å²) >= 11 is 20.5. The number of Topliss-reactive ketones (excluding diaryl/α,β-unsaturated/α-hetero) is 3. The van der Waals surface area contributed by atoms with E-state index in [1.165, 1.54) is 37.4 Å². The Morgan fingerprint density at radius 3 is 2.32 bits per heavy atom. The average Bonchev–Trinajstić information content (AvgIpc) is 3.96. The lowest BCUT2D eigenvalue weighted by Gasteiger charge is -2.39. The Hall–Kier alpha value is -5.59. The molecule has 0 radical (unpaired) electrons. The Morgan fingerprint density at radius 1 is 0.919 bits per heavy atom. The van der Waals surface area contributed by atoms with Gasteiger partial charge in [-0.3, -0.25) is 23.9 Å². The molecule has 5 atom stereocenters. The number of thiophene rings is 1. The van der Waals surface area contributed by atoms with Gasteiger partial charge >= 0.3 is 0 Å². The van der Waals surface area contributed by atoms with Crippen molar-refractivity contribution in [1.82, 2.24) is 20.1 Å². The number of aliphatic imine (C=N–C) groups is 1. The van der Waals surface area contributed by atoms with Gasteiger partial charge in [-0.25, -0.2) is 8.78 Å². The van der Waals surface area contributed by atoms with Crippen molar-refractivity contribution < 1.29 is 32.6 Å². The van der Waals surface area contributed by atoms with E-state index in [9.17, 15) is 14.4 Å². The molecule has 386 valence electrons. The van der Waals surface area contributed by atoms with Gasteiger partial charge < -0.3 is 14.8 Å². The highest BCUT2D eigenvalue weighted by Crippen LogP contribution is 2.53. The number of ether oxygens (including phenoxy) is 2. The van der Waals surface area contributed by atoms with Gasteiger partial charge in [-0.05, 0) is 93.0 Å². The number of aryl methyl sites for hydroxylation is 2. The summed E-state index contributed by atoms with van der Waals surface area (Å²) in [7, 11) is 1.45. The second-order valence-electron chi connectivity index (χ2n) is 20.3. The second-order valence-corrected chi connectivity index (χ2v) is 22.8. The summed E-state index contributed by atoms with van der Waals surface area (Å²) in [5.41, 5.74) is 2.96. The molecule has 0 spiro atoms. The minimum absolute atomic E-state index is 0.0190. The van der Waals surface area contributed by atoms with Gasteiger partial charge in [0.1, 0.15) is 40.0 Å². The number of methoxy groups -OCH3 is 1. The van der Waals surface area contributed by atoms with Crippen molar-refractivity contribution >= 4 is 69.2 Å². The highest BCUT2D eigenvalue weighted by atomic mass is 35.5. The van der Waals surface area contributed by atoms with E-state index >= 15 is 8.78 Å². The van der Waals surface area contributed by atoms with Crippen LogP contribution in [0.3, 0.4) is 0 Å². The lowest BCUT2D eigenvalue weighted by atomic mass is 9.62. The third-order valence-corrected chi connectivity index (χ3v) is 16.0. The SMILES string of the molecule is C#C[C@]1(c2ccc(Cl)cc2F)[C@H](c2cccc(Cl)c2F)[C@@H](C(=O)Cc2ccc(C(=O)CCCOCCCC(=O)C[C@@H]3N=C(c4ccc(Cl)cc4)c4c(sc(C)c4C)-n4c(C)nnc43)cc2OC)N[C@@H]1CC(C)(C)C. The fraction of sp³-hybridized carbons (Fsp3) is 0.379. The van der Waals surface area contributed by atoms with E-state index in [1.807, 2.05) is 56.5 Å². The summed E-state index contributed by atoms with van der Waals surface area (Å²) in [6.07, 6.45) is 8.22. The van der Waals surface area contributed by atoms with Crippen LogP contribution >= 0.6 is 46.1 Å². The molecule has 0 saturated carbocycles. The number of ketones is 3. The standard InChI is InChI=1S/C58H58Cl3F2N5O5S/c1-9-58(42-24-23-39(60)29-44(42)62)49(31-57(5,6)7)65-54(51(58)41-14-10-15-43(61)52(41)63)47(71)27-37-18-17-36(28-48(37)72-8)46(70)16-12-26-73-25-11-13-40(69)30-45-55-67-66-34(4)68(55)56-50(32(2)33(3)74-56)53(64-45)35-19-21-38(59)22-20-35/h1,10,14-15,17-24,28-29,45,49,51,54,65H,11-13,16,25-27,30-31H2,2-8H3/t45-,49+,51+,54+,58+/m0/s1. The van der Waals surface area contributed by atoms with Gasteiger partial charge in [0.15, 0.2) is 17.4 Å². The molecule has 0 amide bonds. The number of hydrogen-bond acceptors (Lipinski definition) is 10. The third-order valence-electron chi connectivity index (χ3n) is 14.0. The number of nitrogens with zero attached hydrogens (tertiary/aromatic N) is 4. The molecule has 4 heterocycles. The summed E-state index contributed by atoms with van der Waals surface area (Å²) < 4.78 is 46.1. The molecule has 1 fully saturated rings. The van der Waals surface area contributed by atoms with Crippen LogP contribution in [0.25, 0.3) is 5.00 Å². The van der Waals surface area contributed by atoms with Crippen molar-refractivity contribution in [3.63, 3.8) is 0 Å². The summed E-state index contributed by atoms with van der Waals surface area (Å²) in [5.74, 6) is 1.54. The molecule has 74 heavy (non-hydrogen) atoms. The first-order valence-electron chi connectivity index (χ1n) is 24.6. The zero-order valence-corrected chi connectivity index (χ0v) is 45.5. The van der Waals surface area contributed by atoms with Crippen LogP contribution in [-0.2, 0) is 26.2 Å². The number of carbonyl (C=O) groups is 3. The molecule has 10 nitrogen and oxygen atoms in total. The normalized spacial score (nSPS) is 19.3. The van der Waals surface area contributed by atoms with Crippen LogP contribution < -0.4 is 10.1 Å². The monoisotopic (exact) mass is 1080 g/mol. The fourth-order valence-corrected chi connectivity index (χ4v) is 12.1. The minimum Gasteiger partial charge on any atom is -0.496 e. The summed E-state index contributed by atoms with van der Waals surface area (Å²) in [4.78, 5) is 48.2. The highest BCUT2D eigenvalue weighted by molar-refractivity contribution is 7.15. The maximum atomic E-state index is 16.3. The molecule has 0 unspecified atom stereocenters. The van der Waals surface area contributed by atoms with E-state index in [1.54, 1.807) is 35.6 Å². The number of fused-ring (bicyclic) bond motifs is 3. The van der Waals surface area contributed by atoms with Gasteiger partial charge in [-0.15, -0.1) is 28.0 Å². The van der Waals surface area contributed by atoms with Crippen LogP contribution in [0.5, 0.6) is 5.75 Å². The number of halogens is 5. The number of nitrogens with one attached hydrogen (secondary N) is 1. The molecule has 0 bridgehead atoms. The largest absolute Gasteiger partial charge is 0.496 e. The molecule has 8 rings (SSSR count). The van der Waals surface area contributed by atoms with Crippen molar-refractivity contribution in [2.45, 2.75) is 116 Å². The highest BCUT2D eigenvalue weighted by Gasteiger charge is 2.59. The molecule has 0 aliphatic carbocycles. The molecule has 2 aliphatic rings. The Balaban J connectivity index is 0.893. The van der Waals surface area contributed by atoms with Crippen LogP contribution in [0.4, 0.5) is 8.78 Å². The van der Waals surface area contributed by atoms with E-state index in [0.717, 1.165) is 38.1 Å².